The number of carbonyl (C=O) groups excluding carboxylic acids is 1. The van der Waals surface area contributed by atoms with E-state index in [0.717, 1.165) is 28.0 Å². The van der Waals surface area contributed by atoms with Gasteiger partial charge in [0.25, 0.3) is 0 Å². The molecule has 2 aromatic carbocycles. The summed E-state index contributed by atoms with van der Waals surface area (Å²) >= 11 is 0. The standard InChI is InChI=1S/C19H20N2O2/c1-14-13-16-17(20-14)9-5-10-18(16)21-19(22)11-6-12-23-15-7-3-2-4-8-15/h2-5,7-10,13,20H,6,11-12H2,1H3,(H,21,22). The summed E-state index contributed by atoms with van der Waals surface area (Å²) < 4.78 is 5.60. The smallest absolute Gasteiger partial charge is 0.224 e. The zero-order valence-electron chi connectivity index (χ0n) is 13.1. The van der Waals surface area contributed by atoms with E-state index in [1.165, 1.54) is 0 Å². The second-order valence-electron chi connectivity index (χ2n) is 5.53. The van der Waals surface area contributed by atoms with Crippen molar-refractivity contribution in [1.29, 1.82) is 0 Å². The van der Waals surface area contributed by atoms with Gasteiger partial charge in [-0.05, 0) is 43.7 Å². The Morgan fingerprint density at radius 2 is 1.96 bits per heavy atom. The Morgan fingerprint density at radius 3 is 2.78 bits per heavy atom. The fraction of sp³-hybridized carbons (Fsp3) is 0.211. The maximum atomic E-state index is 12.1. The third-order valence-electron chi connectivity index (χ3n) is 3.63. The highest BCUT2D eigenvalue weighted by Gasteiger charge is 2.07. The van der Waals surface area contributed by atoms with Crippen molar-refractivity contribution in [3.05, 3.63) is 60.3 Å². The number of rotatable bonds is 6. The number of carbonyl (C=O) groups is 1. The molecule has 0 bridgehead atoms. The Bertz CT molecular complexity index is 793. The number of ether oxygens (including phenoxy) is 1. The van der Waals surface area contributed by atoms with E-state index in [1.54, 1.807) is 0 Å². The highest BCUT2D eigenvalue weighted by atomic mass is 16.5. The number of H-pyrrole nitrogens is 1. The van der Waals surface area contributed by atoms with E-state index in [1.807, 2.05) is 61.5 Å². The van der Waals surface area contributed by atoms with E-state index < -0.39 is 0 Å². The first-order valence-electron chi connectivity index (χ1n) is 7.78. The molecule has 0 saturated heterocycles. The number of aryl methyl sites for hydroxylation is 1. The zero-order valence-corrected chi connectivity index (χ0v) is 13.1. The first kappa shape index (κ1) is 15.2. The quantitative estimate of drug-likeness (QED) is 0.668. The van der Waals surface area contributed by atoms with Crippen molar-refractivity contribution < 1.29 is 9.53 Å². The molecule has 23 heavy (non-hydrogen) atoms. The number of amides is 1. The SMILES string of the molecule is Cc1cc2c(NC(=O)CCCOc3ccccc3)cccc2[nH]1. The fourth-order valence-electron chi connectivity index (χ4n) is 2.56. The lowest BCUT2D eigenvalue weighted by atomic mass is 10.2. The predicted octanol–water partition coefficient (Wildman–Crippen LogP) is 4.27. The molecule has 4 heteroatoms. The van der Waals surface area contributed by atoms with Crippen LogP contribution in [0.2, 0.25) is 0 Å². The topological polar surface area (TPSA) is 54.1 Å². The number of hydrogen-bond donors (Lipinski definition) is 2. The number of para-hydroxylation sites is 1. The van der Waals surface area contributed by atoms with Crippen molar-refractivity contribution in [3.63, 3.8) is 0 Å². The molecule has 0 aliphatic carbocycles. The van der Waals surface area contributed by atoms with Crippen LogP contribution in [0.3, 0.4) is 0 Å². The minimum absolute atomic E-state index is 0.00742. The maximum Gasteiger partial charge on any atom is 0.224 e. The summed E-state index contributed by atoms with van der Waals surface area (Å²) in [7, 11) is 0. The zero-order chi connectivity index (χ0) is 16.1. The van der Waals surface area contributed by atoms with Crippen LogP contribution in [-0.2, 0) is 4.79 Å². The van der Waals surface area contributed by atoms with E-state index >= 15 is 0 Å². The molecule has 3 aromatic rings. The predicted molar refractivity (Wildman–Crippen MR) is 92.8 cm³/mol. The average molecular weight is 308 g/mol. The van der Waals surface area contributed by atoms with E-state index in [-0.39, 0.29) is 5.91 Å². The molecule has 0 unspecified atom stereocenters. The van der Waals surface area contributed by atoms with Crippen molar-refractivity contribution in [2.24, 2.45) is 0 Å². The molecule has 0 spiro atoms. The summed E-state index contributed by atoms with van der Waals surface area (Å²) in [5.74, 6) is 0.841. The molecule has 1 heterocycles. The third-order valence-corrected chi connectivity index (χ3v) is 3.63. The van der Waals surface area contributed by atoms with Gasteiger partial charge in [-0.3, -0.25) is 4.79 Å². The van der Waals surface area contributed by atoms with Gasteiger partial charge in [0.05, 0.1) is 12.3 Å². The molecule has 0 aliphatic heterocycles. The van der Waals surface area contributed by atoms with Gasteiger partial charge in [0, 0.05) is 23.0 Å². The monoisotopic (exact) mass is 308 g/mol. The average Bonchev–Trinajstić information content (AvgIpc) is 2.94. The summed E-state index contributed by atoms with van der Waals surface area (Å²) in [5, 5.41) is 4.02. The number of aromatic amines is 1. The Balaban J connectivity index is 1.51. The summed E-state index contributed by atoms with van der Waals surface area (Å²) in [4.78, 5) is 15.4. The van der Waals surface area contributed by atoms with Crippen LogP contribution in [0.15, 0.2) is 54.6 Å². The van der Waals surface area contributed by atoms with Crippen LogP contribution in [0.25, 0.3) is 10.9 Å². The van der Waals surface area contributed by atoms with E-state index in [2.05, 4.69) is 10.3 Å². The summed E-state index contributed by atoms with van der Waals surface area (Å²) in [5.41, 5.74) is 2.96. The molecular formula is C19H20N2O2. The number of anilines is 1. The lowest BCUT2D eigenvalue weighted by Gasteiger charge is -2.08. The molecule has 118 valence electrons. The van der Waals surface area contributed by atoms with E-state index in [0.29, 0.717) is 19.4 Å². The van der Waals surface area contributed by atoms with Crippen molar-refractivity contribution in [2.75, 3.05) is 11.9 Å². The fourth-order valence-corrected chi connectivity index (χ4v) is 2.56. The number of benzene rings is 2. The van der Waals surface area contributed by atoms with Crippen molar-refractivity contribution in [1.82, 2.24) is 4.98 Å². The van der Waals surface area contributed by atoms with Crippen LogP contribution in [-0.4, -0.2) is 17.5 Å². The van der Waals surface area contributed by atoms with Crippen LogP contribution in [0.4, 0.5) is 5.69 Å². The van der Waals surface area contributed by atoms with Gasteiger partial charge >= 0.3 is 0 Å². The molecule has 0 aliphatic rings. The number of hydrogen-bond acceptors (Lipinski definition) is 2. The van der Waals surface area contributed by atoms with Crippen LogP contribution in [0, 0.1) is 6.92 Å². The number of nitrogens with one attached hydrogen (secondary N) is 2. The summed E-state index contributed by atoms with van der Waals surface area (Å²) in [6.45, 7) is 2.54. The first-order valence-corrected chi connectivity index (χ1v) is 7.78. The van der Waals surface area contributed by atoms with Gasteiger partial charge in [-0.15, -0.1) is 0 Å². The lowest BCUT2D eigenvalue weighted by molar-refractivity contribution is -0.116. The van der Waals surface area contributed by atoms with Gasteiger partial charge in [0.2, 0.25) is 5.91 Å². The van der Waals surface area contributed by atoms with Crippen LogP contribution in [0.5, 0.6) is 5.75 Å². The van der Waals surface area contributed by atoms with Crippen molar-refractivity contribution >= 4 is 22.5 Å². The molecule has 1 aromatic heterocycles. The van der Waals surface area contributed by atoms with Gasteiger partial charge < -0.3 is 15.0 Å². The minimum atomic E-state index is 0.00742. The lowest BCUT2D eigenvalue weighted by Crippen LogP contribution is -2.13. The Morgan fingerprint density at radius 1 is 1.13 bits per heavy atom. The number of fused-ring (bicyclic) bond motifs is 1. The number of aromatic nitrogens is 1. The first-order chi connectivity index (χ1) is 11.2. The highest BCUT2D eigenvalue weighted by molar-refractivity contribution is 6.01. The molecule has 1 amide bonds. The maximum absolute atomic E-state index is 12.1. The molecule has 4 nitrogen and oxygen atoms in total. The van der Waals surface area contributed by atoms with Crippen LogP contribution in [0.1, 0.15) is 18.5 Å². The van der Waals surface area contributed by atoms with Crippen molar-refractivity contribution in [3.8, 4) is 5.75 Å². The van der Waals surface area contributed by atoms with Gasteiger partial charge in [0.15, 0.2) is 0 Å². The Labute approximate surface area is 135 Å². The Kier molecular flexibility index (Phi) is 4.62. The molecule has 3 rings (SSSR count). The summed E-state index contributed by atoms with van der Waals surface area (Å²) in [6.07, 6.45) is 1.12. The van der Waals surface area contributed by atoms with Gasteiger partial charge in [0.1, 0.15) is 5.75 Å². The van der Waals surface area contributed by atoms with Gasteiger partial charge in [-0.1, -0.05) is 24.3 Å². The molecule has 0 fully saturated rings. The normalized spacial score (nSPS) is 10.7. The molecule has 0 atom stereocenters. The minimum Gasteiger partial charge on any atom is -0.494 e. The van der Waals surface area contributed by atoms with E-state index in [4.69, 9.17) is 4.74 Å². The molecule has 0 saturated carbocycles. The van der Waals surface area contributed by atoms with Gasteiger partial charge in [-0.2, -0.15) is 0 Å². The van der Waals surface area contributed by atoms with Crippen LogP contribution < -0.4 is 10.1 Å². The second-order valence-corrected chi connectivity index (χ2v) is 5.53. The molecule has 2 N–H and O–H groups in total. The third kappa shape index (κ3) is 3.92. The largest absolute Gasteiger partial charge is 0.494 e. The highest BCUT2D eigenvalue weighted by Crippen LogP contribution is 2.24. The summed E-state index contributed by atoms with van der Waals surface area (Å²) in [6, 6.07) is 17.5. The van der Waals surface area contributed by atoms with E-state index in [9.17, 15) is 4.79 Å². The Hall–Kier alpha value is -2.75. The second kappa shape index (κ2) is 7.01. The van der Waals surface area contributed by atoms with Gasteiger partial charge in [-0.25, -0.2) is 0 Å². The molecular weight excluding hydrogens is 288 g/mol. The van der Waals surface area contributed by atoms with Crippen LogP contribution >= 0.6 is 0 Å². The molecule has 0 radical (unpaired) electrons. The van der Waals surface area contributed by atoms with Crippen molar-refractivity contribution in [2.45, 2.75) is 19.8 Å².